The van der Waals surface area contributed by atoms with Crippen LogP contribution in [0.25, 0.3) is 10.8 Å². The van der Waals surface area contributed by atoms with Crippen LogP contribution in [0.4, 0.5) is 0 Å². The van der Waals surface area contributed by atoms with E-state index in [-0.39, 0.29) is 5.56 Å². The molecule has 3 nitrogen and oxygen atoms in total. The van der Waals surface area contributed by atoms with Gasteiger partial charge >= 0.3 is 0 Å². The van der Waals surface area contributed by atoms with Crippen molar-refractivity contribution in [3.05, 3.63) is 46.4 Å². The third-order valence-electron chi connectivity index (χ3n) is 2.81. The minimum absolute atomic E-state index is 0.103. The van der Waals surface area contributed by atoms with Crippen molar-refractivity contribution in [3.8, 4) is 0 Å². The second-order valence-corrected chi connectivity index (χ2v) is 3.73. The van der Waals surface area contributed by atoms with Crippen molar-refractivity contribution in [3.63, 3.8) is 0 Å². The van der Waals surface area contributed by atoms with Gasteiger partial charge in [0.1, 0.15) is 0 Å². The SMILES string of the molecule is O=c1c2ccccc2cc2n1CCOC2. The first-order valence-electron chi connectivity index (χ1n) is 5.05. The second-order valence-electron chi connectivity index (χ2n) is 3.73. The van der Waals surface area contributed by atoms with Crippen molar-refractivity contribution in [2.75, 3.05) is 6.61 Å². The summed E-state index contributed by atoms with van der Waals surface area (Å²) in [5.74, 6) is 0. The fourth-order valence-corrected chi connectivity index (χ4v) is 2.05. The number of fused-ring (bicyclic) bond motifs is 2. The fourth-order valence-electron chi connectivity index (χ4n) is 2.05. The lowest BCUT2D eigenvalue weighted by atomic mass is 10.1. The lowest BCUT2D eigenvalue weighted by molar-refractivity contribution is 0.0828. The van der Waals surface area contributed by atoms with Gasteiger partial charge in [0, 0.05) is 17.6 Å². The van der Waals surface area contributed by atoms with E-state index in [2.05, 4.69) is 0 Å². The Kier molecular flexibility index (Phi) is 1.86. The van der Waals surface area contributed by atoms with Gasteiger partial charge in [-0.1, -0.05) is 18.2 Å². The van der Waals surface area contributed by atoms with E-state index < -0.39 is 0 Å². The first-order chi connectivity index (χ1) is 7.36. The van der Waals surface area contributed by atoms with E-state index >= 15 is 0 Å². The number of rotatable bonds is 0. The van der Waals surface area contributed by atoms with Crippen LogP contribution >= 0.6 is 0 Å². The molecular weight excluding hydrogens is 190 g/mol. The Balaban J connectivity index is 2.41. The summed E-state index contributed by atoms with van der Waals surface area (Å²) in [6.07, 6.45) is 0. The van der Waals surface area contributed by atoms with E-state index in [1.165, 1.54) is 0 Å². The average molecular weight is 201 g/mol. The highest BCUT2D eigenvalue weighted by Gasteiger charge is 2.12. The number of nitrogens with zero attached hydrogens (tertiary/aromatic N) is 1. The van der Waals surface area contributed by atoms with E-state index in [1.54, 1.807) is 0 Å². The molecule has 76 valence electrons. The third kappa shape index (κ3) is 1.27. The molecule has 2 heterocycles. The minimum Gasteiger partial charge on any atom is -0.373 e. The number of aromatic nitrogens is 1. The molecule has 15 heavy (non-hydrogen) atoms. The maximum Gasteiger partial charge on any atom is 0.258 e. The highest BCUT2D eigenvalue weighted by Crippen LogP contribution is 2.14. The lowest BCUT2D eigenvalue weighted by Gasteiger charge is -2.19. The first kappa shape index (κ1) is 8.68. The van der Waals surface area contributed by atoms with Crippen LogP contribution in [0, 0.1) is 0 Å². The van der Waals surface area contributed by atoms with E-state index in [9.17, 15) is 4.79 Å². The Labute approximate surface area is 86.9 Å². The summed E-state index contributed by atoms with van der Waals surface area (Å²) in [6, 6.07) is 9.72. The second kappa shape index (κ2) is 3.21. The topological polar surface area (TPSA) is 31.2 Å². The number of ether oxygens (including phenoxy) is 1. The molecule has 0 N–H and O–H groups in total. The van der Waals surface area contributed by atoms with Crippen LogP contribution in [-0.2, 0) is 17.9 Å². The minimum atomic E-state index is 0.103. The molecule has 0 aliphatic carbocycles. The van der Waals surface area contributed by atoms with Gasteiger partial charge in [-0.3, -0.25) is 4.79 Å². The van der Waals surface area contributed by atoms with Gasteiger partial charge in [-0.25, -0.2) is 0 Å². The fraction of sp³-hybridized carbons (Fsp3) is 0.250. The summed E-state index contributed by atoms with van der Waals surface area (Å²) in [5.41, 5.74) is 1.08. The van der Waals surface area contributed by atoms with Crippen LogP contribution in [0.1, 0.15) is 5.69 Å². The summed E-state index contributed by atoms with van der Waals surface area (Å²) >= 11 is 0. The normalized spacial score (nSPS) is 15.2. The Bertz CT molecular complexity index is 571. The number of pyridine rings is 1. The molecule has 0 radical (unpaired) electrons. The van der Waals surface area contributed by atoms with Gasteiger partial charge in [-0.05, 0) is 17.5 Å². The van der Waals surface area contributed by atoms with Crippen molar-refractivity contribution in [2.45, 2.75) is 13.2 Å². The van der Waals surface area contributed by atoms with E-state index in [4.69, 9.17) is 4.74 Å². The Morgan fingerprint density at radius 1 is 1.27 bits per heavy atom. The zero-order valence-corrected chi connectivity index (χ0v) is 8.27. The zero-order chi connectivity index (χ0) is 10.3. The van der Waals surface area contributed by atoms with Crippen LogP contribution in [0.5, 0.6) is 0 Å². The summed E-state index contributed by atoms with van der Waals surface area (Å²) in [5, 5.41) is 1.79. The molecule has 0 bridgehead atoms. The predicted octanol–water partition coefficient (Wildman–Crippen LogP) is 1.53. The van der Waals surface area contributed by atoms with Gasteiger partial charge in [-0.2, -0.15) is 0 Å². The predicted molar refractivity (Wildman–Crippen MR) is 57.9 cm³/mol. The molecule has 1 aliphatic heterocycles. The molecule has 0 amide bonds. The van der Waals surface area contributed by atoms with Crippen molar-refractivity contribution < 1.29 is 4.74 Å². The molecule has 0 saturated heterocycles. The largest absolute Gasteiger partial charge is 0.373 e. The standard InChI is InChI=1S/C12H11NO2/c14-12-11-4-2-1-3-9(11)7-10-8-15-6-5-13(10)12/h1-4,7H,5-6,8H2. The molecule has 0 atom stereocenters. The Morgan fingerprint density at radius 2 is 2.13 bits per heavy atom. The van der Waals surface area contributed by atoms with E-state index in [0.29, 0.717) is 19.8 Å². The van der Waals surface area contributed by atoms with Crippen molar-refractivity contribution >= 4 is 10.8 Å². The number of benzene rings is 1. The van der Waals surface area contributed by atoms with Gasteiger partial charge in [0.25, 0.3) is 5.56 Å². The molecule has 1 aromatic carbocycles. The number of hydrogen-bond acceptors (Lipinski definition) is 2. The Morgan fingerprint density at radius 3 is 3.07 bits per heavy atom. The summed E-state index contributed by atoms with van der Waals surface area (Å²) in [6.45, 7) is 1.84. The molecule has 0 unspecified atom stereocenters. The highest BCUT2D eigenvalue weighted by atomic mass is 16.5. The average Bonchev–Trinajstić information content (AvgIpc) is 2.30. The number of hydrogen-bond donors (Lipinski definition) is 0. The van der Waals surface area contributed by atoms with Gasteiger partial charge < -0.3 is 9.30 Å². The molecule has 3 heteroatoms. The monoisotopic (exact) mass is 201 g/mol. The molecule has 3 rings (SSSR count). The van der Waals surface area contributed by atoms with Crippen LogP contribution in [0.15, 0.2) is 35.1 Å². The van der Waals surface area contributed by atoms with Crippen LogP contribution in [0.2, 0.25) is 0 Å². The molecule has 2 aromatic rings. The lowest BCUT2D eigenvalue weighted by Crippen LogP contribution is -2.29. The molecule has 1 aromatic heterocycles. The Hall–Kier alpha value is -1.61. The third-order valence-corrected chi connectivity index (χ3v) is 2.81. The summed E-state index contributed by atoms with van der Waals surface area (Å²) < 4.78 is 7.15. The first-order valence-corrected chi connectivity index (χ1v) is 5.05. The van der Waals surface area contributed by atoms with E-state index in [0.717, 1.165) is 16.5 Å². The molecule has 0 spiro atoms. The molecule has 0 fully saturated rings. The molecule has 0 saturated carbocycles. The van der Waals surface area contributed by atoms with Crippen molar-refractivity contribution in [1.82, 2.24) is 4.57 Å². The van der Waals surface area contributed by atoms with Gasteiger partial charge in [0.2, 0.25) is 0 Å². The van der Waals surface area contributed by atoms with Crippen molar-refractivity contribution in [1.29, 1.82) is 0 Å². The maximum absolute atomic E-state index is 12.1. The summed E-state index contributed by atoms with van der Waals surface area (Å²) in [4.78, 5) is 12.1. The zero-order valence-electron chi connectivity index (χ0n) is 8.27. The van der Waals surface area contributed by atoms with Crippen LogP contribution < -0.4 is 5.56 Å². The van der Waals surface area contributed by atoms with Crippen molar-refractivity contribution in [2.24, 2.45) is 0 Å². The molecular formula is C12H11NO2. The van der Waals surface area contributed by atoms with Gasteiger partial charge in [0.05, 0.1) is 13.2 Å². The van der Waals surface area contributed by atoms with Gasteiger partial charge in [-0.15, -0.1) is 0 Å². The smallest absolute Gasteiger partial charge is 0.258 e. The van der Waals surface area contributed by atoms with E-state index in [1.807, 2.05) is 34.9 Å². The van der Waals surface area contributed by atoms with Gasteiger partial charge in [0.15, 0.2) is 0 Å². The molecule has 1 aliphatic rings. The van der Waals surface area contributed by atoms with Crippen LogP contribution in [-0.4, -0.2) is 11.2 Å². The quantitative estimate of drug-likeness (QED) is 0.647. The maximum atomic E-state index is 12.1. The van der Waals surface area contributed by atoms with Crippen LogP contribution in [0.3, 0.4) is 0 Å². The highest BCUT2D eigenvalue weighted by molar-refractivity contribution is 5.81. The summed E-state index contributed by atoms with van der Waals surface area (Å²) in [7, 11) is 0.